The van der Waals surface area contributed by atoms with Crippen LogP contribution < -0.4 is 16.8 Å². The van der Waals surface area contributed by atoms with Crippen LogP contribution in [0.5, 0.6) is 0 Å². The van der Waals surface area contributed by atoms with E-state index in [0.29, 0.717) is 11.4 Å². The molecule has 0 aliphatic rings. The molecule has 0 bridgehead atoms. The van der Waals surface area contributed by atoms with Crippen LogP contribution in [0, 0.1) is 5.82 Å². The summed E-state index contributed by atoms with van der Waals surface area (Å²) >= 11 is 6.06. The summed E-state index contributed by atoms with van der Waals surface area (Å²) in [5.41, 5.74) is 12.5. The number of nitrogen functional groups attached to an aromatic ring is 1. The lowest BCUT2D eigenvalue weighted by molar-refractivity contribution is 0.631. The minimum atomic E-state index is -0.481. The average molecular weight is 321 g/mol. The molecule has 0 spiro atoms. The van der Waals surface area contributed by atoms with Crippen LogP contribution in [-0.4, -0.2) is 23.2 Å². The number of benzene rings is 1. The summed E-state index contributed by atoms with van der Waals surface area (Å²) in [5.74, 6) is -0.275. The largest absolute Gasteiger partial charge is 0.403 e. The smallest absolute Gasteiger partial charge is 0.227 e. The molecule has 0 aliphatic heterocycles. The van der Waals surface area contributed by atoms with Crippen LogP contribution in [-0.2, 0) is 0 Å². The molecule has 0 amide bonds. The Morgan fingerprint density at radius 2 is 2.23 bits per heavy atom. The molecule has 1 aromatic heterocycles. The molecule has 1 heterocycles. The van der Waals surface area contributed by atoms with Crippen LogP contribution >= 0.6 is 11.6 Å². The second-order valence-electron chi connectivity index (χ2n) is 4.26. The van der Waals surface area contributed by atoms with Crippen molar-refractivity contribution in [3.05, 3.63) is 47.1 Å². The highest BCUT2D eigenvalue weighted by molar-refractivity contribution is 6.32. The van der Waals surface area contributed by atoms with Crippen molar-refractivity contribution in [1.29, 1.82) is 0 Å². The first kappa shape index (κ1) is 15.7. The van der Waals surface area contributed by atoms with Crippen molar-refractivity contribution in [3.8, 4) is 11.3 Å². The minimum absolute atomic E-state index is 0.192. The van der Waals surface area contributed by atoms with Gasteiger partial charge in [-0.2, -0.15) is 0 Å². The summed E-state index contributed by atoms with van der Waals surface area (Å²) in [7, 11) is 1.60. The molecule has 0 saturated heterocycles. The van der Waals surface area contributed by atoms with Gasteiger partial charge in [-0.3, -0.25) is 4.99 Å². The number of nitrogens with zero attached hydrogens (tertiary/aromatic N) is 3. The molecule has 0 radical (unpaired) electrons. The maximum Gasteiger partial charge on any atom is 0.227 e. The molecule has 22 heavy (non-hydrogen) atoms. The highest BCUT2D eigenvalue weighted by atomic mass is 35.5. The Balaban J connectivity index is 2.45. The van der Waals surface area contributed by atoms with Crippen LogP contribution in [0.1, 0.15) is 0 Å². The van der Waals surface area contributed by atoms with E-state index in [1.54, 1.807) is 7.05 Å². The highest BCUT2D eigenvalue weighted by Crippen LogP contribution is 2.29. The van der Waals surface area contributed by atoms with Gasteiger partial charge in [-0.25, -0.2) is 14.4 Å². The summed E-state index contributed by atoms with van der Waals surface area (Å²) in [6.45, 7) is 0. The van der Waals surface area contributed by atoms with Crippen LogP contribution in [0.2, 0.25) is 5.02 Å². The fourth-order valence-corrected chi connectivity index (χ4v) is 1.92. The third-order valence-electron chi connectivity index (χ3n) is 2.69. The molecule has 1 aromatic carbocycles. The summed E-state index contributed by atoms with van der Waals surface area (Å²) in [5, 5.41) is 3.06. The van der Waals surface area contributed by atoms with Crippen molar-refractivity contribution < 1.29 is 4.39 Å². The Hall–Kier alpha value is -2.67. The summed E-state index contributed by atoms with van der Waals surface area (Å²) < 4.78 is 14.0. The van der Waals surface area contributed by atoms with Gasteiger partial charge in [0.05, 0.1) is 22.6 Å². The number of nitrogens with two attached hydrogens (primary N) is 2. The average Bonchev–Trinajstić information content (AvgIpc) is 2.51. The maximum absolute atomic E-state index is 14.0. The molecule has 0 aliphatic carbocycles. The SMILES string of the molecule is CN=C/C(=C\N)Nc1ncc(Cl)c(-c2cc(N)ccc2F)n1. The first-order chi connectivity index (χ1) is 10.5. The number of aliphatic imine (C=N–C) groups is 1. The highest BCUT2D eigenvalue weighted by Gasteiger charge is 2.13. The zero-order valence-electron chi connectivity index (χ0n) is 11.7. The zero-order valence-corrected chi connectivity index (χ0v) is 12.5. The Bertz CT molecular complexity index is 744. The Kier molecular flexibility index (Phi) is 4.90. The number of hydrogen-bond donors (Lipinski definition) is 3. The second kappa shape index (κ2) is 6.86. The van der Waals surface area contributed by atoms with Gasteiger partial charge < -0.3 is 16.8 Å². The van der Waals surface area contributed by atoms with E-state index in [-0.39, 0.29) is 22.2 Å². The molecule has 0 saturated carbocycles. The topological polar surface area (TPSA) is 102 Å². The predicted molar refractivity (Wildman–Crippen MR) is 87.2 cm³/mol. The molecular weight excluding hydrogens is 307 g/mol. The fraction of sp³-hybridized carbons (Fsp3) is 0.0714. The van der Waals surface area contributed by atoms with Gasteiger partial charge in [0, 0.05) is 30.7 Å². The molecule has 2 aromatic rings. The lowest BCUT2D eigenvalue weighted by atomic mass is 10.1. The molecular formula is C14H14ClFN6. The molecule has 6 nitrogen and oxygen atoms in total. The van der Waals surface area contributed by atoms with Crippen molar-refractivity contribution in [3.63, 3.8) is 0 Å². The number of nitrogens with one attached hydrogen (secondary N) is 1. The predicted octanol–water partition coefficient (Wildman–Crippen LogP) is 2.43. The number of aromatic nitrogens is 2. The van der Waals surface area contributed by atoms with E-state index in [4.69, 9.17) is 23.1 Å². The van der Waals surface area contributed by atoms with E-state index in [1.807, 2.05) is 0 Å². The van der Waals surface area contributed by atoms with Gasteiger partial charge >= 0.3 is 0 Å². The quantitative estimate of drug-likeness (QED) is 0.593. The van der Waals surface area contributed by atoms with E-state index < -0.39 is 5.82 Å². The number of halogens is 2. The van der Waals surface area contributed by atoms with E-state index in [0.717, 1.165) is 0 Å². The molecule has 0 unspecified atom stereocenters. The second-order valence-corrected chi connectivity index (χ2v) is 4.67. The van der Waals surface area contributed by atoms with Crippen molar-refractivity contribution in [2.45, 2.75) is 0 Å². The maximum atomic E-state index is 14.0. The first-order valence-electron chi connectivity index (χ1n) is 6.24. The number of hydrogen-bond acceptors (Lipinski definition) is 6. The zero-order chi connectivity index (χ0) is 16.1. The van der Waals surface area contributed by atoms with Gasteiger partial charge in [0.25, 0.3) is 0 Å². The van der Waals surface area contributed by atoms with Gasteiger partial charge in [0.15, 0.2) is 0 Å². The first-order valence-corrected chi connectivity index (χ1v) is 6.62. The van der Waals surface area contributed by atoms with Gasteiger partial charge in [0.1, 0.15) is 5.82 Å². The number of allylic oxidation sites excluding steroid dienone is 1. The van der Waals surface area contributed by atoms with Gasteiger partial charge in [-0.15, -0.1) is 0 Å². The molecule has 0 atom stereocenters. The molecule has 114 valence electrons. The van der Waals surface area contributed by atoms with Crippen molar-refractivity contribution in [2.24, 2.45) is 10.7 Å². The molecule has 0 fully saturated rings. The van der Waals surface area contributed by atoms with Gasteiger partial charge in [-0.05, 0) is 18.2 Å². The summed E-state index contributed by atoms with van der Waals surface area (Å²) in [4.78, 5) is 12.1. The third-order valence-corrected chi connectivity index (χ3v) is 2.97. The summed E-state index contributed by atoms with van der Waals surface area (Å²) in [6, 6.07) is 4.17. The third kappa shape index (κ3) is 3.50. The van der Waals surface area contributed by atoms with E-state index in [1.165, 1.54) is 36.8 Å². The van der Waals surface area contributed by atoms with Crippen molar-refractivity contribution >= 4 is 29.5 Å². The molecule has 2 rings (SSSR count). The van der Waals surface area contributed by atoms with Gasteiger partial charge in [0.2, 0.25) is 5.95 Å². The monoisotopic (exact) mass is 320 g/mol. The van der Waals surface area contributed by atoms with Crippen molar-refractivity contribution in [2.75, 3.05) is 18.1 Å². The molecule has 8 heteroatoms. The van der Waals surface area contributed by atoms with Crippen LogP contribution in [0.3, 0.4) is 0 Å². The minimum Gasteiger partial charge on any atom is -0.403 e. The fourth-order valence-electron chi connectivity index (χ4n) is 1.73. The van der Waals surface area contributed by atoms with Crippen LogP contribution in [0.25, 0.3) is 11.3 Å². The Labute approximate surface area is 131 Å². The Morgan fingerprint density at radius 1 is 1.45 bits per heavy atom. The van der Waals surface area contributed by atoms with Gasteiger partial charge in [-0.1, -0.05) is 11.6 Å². The van der Waals surface area contributed by atoms with E-state index in [2.05, 4.69) is 20.3 Å². The standard InChI is InChI=1S/C14H14ClFN6/c1-19-6-9(5-17)21-14-20-7-11(15)13(22-14)10-4-8(18)2-3-12(10)16/h2-7H,17-18H2,1H3,(H,20,21,22)/b9-5+,19-6?. The lowest BCUT2D eigenvalue weighted by Gasteiger charge is -2.09. The lowest BCUT2D eigenvalue weighted by Crippen LogP contribution is -2.07. The van der Waals surface area contributed by atoms with E-state index in [9.17, 15) is 4.39 Å². The van der Waals surface area contributed by atoms with Crippen LogP contribution in [0.4, 0.5) is 16.0 Å². The molecule has 5 N–H and O–H groups in total. The number of rotatable bonds is 4. The van der Waals surface area contributed by atoms with Crippen molar-refractivity contribution in [1.82, 2.24) is 9.97 Å². The van der Waals surface area contributed by atoms with Crippen LogP contribution in [0.15, 0.2) is 41.3 Å². The normalized spacial score (nSPS) is 11.9. The summed E-state index contributed by atoms with van der Waals surface area (Å²) in [6.07, 6.45) is 4.18. The number of anilines is 2. The Morgan fingerprint density at radius 3 is 2.91 bits per heavy atom. The van der Waals surface area contributed by atoms with E-state index >= 15 is 0 Å².